The number of nitrogens with two attached hydrogens (primary N) is 1. The van der Waals surface area contributed by atoms with Crippen LogP contribution in [0.15, 0.2) is 28.7 Å². The minimum atomic E-state index is 0. The number of amides is 1. The normalized spacial score (nSPS) is 29.5. The zero-order chi connectivity index (χ0) is 15.7. The monoisotopic (exact) mass is 400 g/mol. The molecular formula is C18H26BrClN2O. The number of benzene rings is 1. The molecule has 2 bridgehead atoms. The van der Waals surface area contributed by atoms with E-state index in [0.29, 0.717) is 30.3 Å². The first-order valence-corrected chi connectivity index (χ1v) is 9.09. The van der Waals surface area contributed by atoms with E-state index in [1.807, 2.05) is 30.1 Å². The SMILES string of the molecule is CN(Cc1ccccc1Br)C(=O)C1CC2CCCC(C1)C2N.Cl. The predicted octanol–water partition coefficient (Wildman–Crippen LogP) is 3.98. The van der Waals surface area contributed by atoms with Crippen LogP contribution < -0.4 is 5.73 Å². The van der Waals surface area contributed by atoms with Crippen LogP contribution in [0.3, 0.4) is 0 Å². The number of rotatable bonds is 3. The molecule has 5 heteroatoms. The molecule has 2 saturated carbocycles. The first-order valence-electron chi connectivity index (χ1n) is 8.30. The van der Waals surface area contributed by atoms with E-state index in [0.717, 1.165) is 22.9 Å². The van der Waals surface area contributed by atoms with Gasteiger partial charge >= 0.3 is 0 Å². The molecule has 0 aromatic heterocycles. The van der Waals surface area contributed by atoms with E-state index in [9.17, 15) is 4.79 Å². The molecule has 0 heterocycles. The van der Waals surface area contributed by atoms with E-state index in [1.54, 1.807) is 0 Å². The molecule has 1 amide bonds. The highest BCUT2D eigenvalue weighted by Crippen LogP contribution is 2.42. The second-order valence-electron chi connectivity index (χ2n) is 6.98. The van der Waals surface area contributed by atoms with Crippen molar-refractivity contribution in [3.05, 3.63) is 34.3 Å². The maximum absolute atomic E-state index is 12.8. The van der Waals surface area contributed by atoms with E-state index in [2.05, 4.69) is 22.0 Å². The number of fused-ring (bicyclic) bond motifs is 2. The second kappa shape index (κ2) is 8.00. The van der Waals surface area contributed by atoms with Gasteiger partial charge in [-0.2, -0.15) is 0 Å². The van der Waals surface area contributed by atoms with Gasteiger partial charge < -0.3 is 10.6 Å². The summed E-state index contributed by atoms with van der Waals surface area (Å²) in [4.78, 5) is 14.7. The predicted molar refractivity (Wildman–Crippen MR) is 99.4 cm³/mol. The van der Waals surface area contributed by atoms with Gasteiger partial charge in [0.05, 0.1) is 0 Å². The Hall–Kier alpha value is -0.580. The standard InChI is InChI=1S/C18H25BrN2O.ClH/c1-21(11-14-5-2-3-8-16(14)19)18(22)15-9-12-6-4-7-13(10-15)17(12)20;/h2-3,5,8,12-13,15,17H,4,6-7,9-11,20H2,1H3;1H. The van der Waals surface area contributed by atoms with Crippen molar-refractivity contribution in [2.75, 3.05) is 7.05 Å². The van der Waals surface area contributed by atoms with Crippen LogP contribution in [0.2, 0.25) is 0 Å². The number of carbonyl (C=O) groups is 1. The number of carbonyl (C=O) groups excluding carboxylic acids is 1. The third-order valence-electron chi connectivity index (χ3n) is 5.50. The van der Waals surface area contributed by atoms with Gasteiger partial charge in [0.15, 0.2) is 0 Å². The molecule has 2 atom stereocenters. The quantitative estimate of drug-likeness (QED) is 0.832. The molecule has 0 radical (unpaired) electrons. The Labute approximate surface area is 153 Å². The average Bonchev–Trinajstić information content (AvgIpc) is 2.48. The van der Waals surface area contributed by atoms with Crippen LogP contribution in [0.1, 0.15) is 37.7 Å². The van der Waals surface area contributed by atoms with Crippen molar-refractivity contribution < 1.29 is 4.79 Å². The van der Waals surface area contributed by atoms with Crippen LogP contribution in [0.5, 0.6) is 0 Å². The molecule has 23 heavy (non-hydrogen) atoms. The van der Waals surface area contributed by atoms with Gasteiger partial charge in [0.1, 0.15) is 0 Å². The fourth-order valence-corrected chi connectivity index (χ4v) is 4.67. The zero-order valence-corrected chi connectivity index (χ0v) is 16.0. The van der Waals surface area contributed by atoms with Gasteiger partial charge in [-0.3, -0.25) is 4.79 Å². The third-order valence-corrected chi connectivity index (χ3v) is 6.28. The minimum Gasteiger partial charge on any atom is -0.341 e. The Bertz CT molecular complexity index is 540. The van der Waals surface area contributed by atoms with Gasteiger partial charge in [-0.05, 0) is 49.1 Å². The Balaban J connectivity index is 0.00000192. The summed E-state index contributed by atoms with van der Waals surface area (Å²) in [6.45, 7) is 0.665. The van der Waals surface area contributed by atoms with Crippen molar-refractivity contribution in [3.8, 4) is 0 Å². The van der Waals surface area contributed by atoms with Crippen molar-refractivity contribution >= 4 is 34.2 Å². The van der Waals surface area contributed by atoms with Crippen molar-refractivity contribution in [2.45, 2.75) is 44.7 Å². The Morgan fingerprint density at radius 2 is 1.87 bits per heavy atom. The molecule has 0 saturated heterocycles. The number of halogens is 2. The summed E-state index contributed by atoms with van der Waals surface area (Å²) < 4.78 is 1.07. The van der Waals surface area contributed by atoms with Gasteiger partial charge in [-0.25, -0.2) is 0 Å². The molecule has 0 aliphatic heterocycles. The smallest absolute Gasteiger partial charge is 0.225 e. The topological polar surface area (TPSA) is 46.3 Å². The lowest BCUT2D eigenvalue weighted by Crippen LogP contribution is -2.49. The highest BCUT2D eigenvalue weighted by atomic mass is 79.9. The summed E-state index contributed by atoms with van der Waals surface area (Å²) in [5.74, 6) is 1.57. The van der Waals surface area contributed by atoms with Gasteiger partial charge in [-0.1, -0.05) is 40.5 Å². The van der Waals surface area contributed by atoms with Crippen molar-refractivity contribution in [1.29, 1.82) is 0 Å². The minimum absolute atomic E-state index is 0. The third kappa shape index (κ3) is 4.09. The maximum Gasteiger partial charge on any atom is 0.225 e. The molecule has 1 aromatic rings. The molecule has 128 valence electrons. The summed E-state index contributed by atoms with van der Waals surface area (Å²) in [5.41, 5.74) is 7.49. The van der Waals surface area contributed by atoms with Crippen molar-refractivity contribution in [2.24, 2.45) is 23.5 Å². The van der Waals surface area contributed by atoms with Gasteiger partial charge in [0, 0.05) is 30.0 Å². The highest BCUT2D eigenvalue weighted by molar-refractivity contribution is 9.10. The van der Waals surface area contributed by atoms with Crippen LogP contribution in [0, 0.1) is 17.8 Å². The second-order valence-corrected chi connectivity index (χ2v) is 7.84. The summed E-state index contributed by atoms with van der Waals surface area (Å²) in [6, 6.07) is 8.44. The van der Waals surface area contributed by atoms with E-state index in [4.69, 9.17) is 5.73 Å². The lowest BCUT2D eigenvalue weighted by molar-refractivity contribution is -0.137. The Morgan fingerprint density at radius 1 is 1.26 bits per heavy atom. The van der Waals surface area contributed by atoms with Crippen LogP contribution in [-0.4, -0.2) is 23.9 Å². The van der Waals surface area contributed by atoms with Gasteiger partial charge in [0.25, 0.3) is 0 Å². The lowest BCUT2D eigenvalue weighted by atomic mass is 9.65. The number of hydrogen-bond donors (Lipinski definition) is 1. The Morgan fingerprint density at radius 3 is 2.48 bits per heavy atom. The van der Waals surface area contributed by atoms with Crippen molar-refractivity contribution in [1.82, 2.24) is 4.90 Å². The molecular weight excluding hydrogens is 376 g/mol. The summed E-state index contributed by atoms with van der Waals surface area (Å²) >= 11 is 3.56. The molecule has 3 nitrogen and oxygen atoms in total. The van der Waals surface area contributed by atoms with Gasteiger partial charge in [0.2, 0.25) is 5.91 Å². The molecule has 2 aliphatic rings. The average molecular weight is 402 g/mol. The van der Waals surface area contributed by atoms with Crippen LogP contribution in [0.4, 0.5) is 0 Å². The first-order chi connectivity index (χ1) is 10.6. The molecule has 2 aliphatic carbocycles. The summed E-state index contributed by atoms with van der Waals surface area (Å²) in [6.07, 6.45) is 5.66. The molecule has 2 N–H and O–H groups in total. The molecule has 2 unspecified atom stereocenters. The summed E-state index contributed by atoms with van der Waals surface area (Å²) in [5, 5.41) is 0. The van der Waals surface area contributed by atoms with E-state index < -0.39 is 0 Å². The lowest BCUT2D eigenvalue weighted by Gasteiger charge is -2.44. The van der Waals surface area contributed by atoms with Crippen LogP contribution >= 0.6 is 28.3 Å². The fraction of sp³-hybridized carbons (Fsp3) is 0.611. The molecule has 1 aromatic carbocycles. The molecule has 3 rings (SSSR count). The summed E-state index contributed by atoms with van der Waals surface area (Å²) in [7, 11) is 1.92. The number of nitrogens with zero attached hydrogens (tertiary/aromatic N) is 1. The molecule has 0 spiro atoms. The van der Waals surface area contributed by atoms with E-state index in [-0.39, 0.29) is 18.3 Å². The first kappa shape index (κ1) is 18.8. The fourth-order valence-electron chi connectivity index (χ4n) is 4.26. The van der Waals surface area contributed by atoms with E-state index in [1.165, 1.54) is 19.3 Å². The van der Waals surface area contributed by atoms with E-state index >= 15 is 0 Å². The largest absolute Gasteiger partial charge is 0.341 e. The number of hydrogen-bond acceptors (Lipinski definition) is 2. The zero-order valence-electron chi connectivity index (χ0n) is 13.6. The molecule has 2 fully saturated rings. The van der Waals surface area contributed by atoms with Crippen LogP contribution in [-0.2, 0) is 11.3 Å². The van der Waals surface area contributed by atoms with Crippen LogP contribution in [0.25, 0.3) is 0 Å². The highest BCUT2D eigenvalue weighted by Gasteiger charge is 2.41. The van der Waals surface area contributed by atoms with Gasteiger partial charge in [-0.15, -0.1) is 12.4 Å². The Kier molecular flexibility index (Phi) is 6.52. The maximum atomic E-state index is 12.8. The van der Waals surface area contributed by atoms with Crippen molar-refractivity contribution in [3.63, 3.8) is 0 Å².